The first-order valence-corrected chi connectivity index (χ1v) is 21.8. The van der Waals surface area contributed by atoms with Gasteiger partial charge in [-0.2, -0.15) is 5.10 Å². The van der Waals surface area contributed by atoms with Crippen LogP contribution in [0.25, 0.3) is 11.3 Å². The van der Waals surface area contributed by atoms with Crippen molar-refractivity contribution in [3.63, 3.8) is 0 Å². The summed E-state index contributed by atoms with van der Waals surface area (Å²) in [4.78, 5) is 78.8. The second-order valence-corrected chi connectivity index (χ2v) is 18.1. The molecule has 324 valence electrons. The number of nitrogens with zero attached hydrogens (tertiary/aromatic N) is 7. The number of carbonyl (C=O) groups is 5. The smallest absolute Gasteiger partial charge is 0.262 e. The molecule has 2 saturated heterocycles. The molecule has 0 saturated carbocycles. The molecule has 1 atom stereocenters. The van der Waals surface area contributed by atoms with Gasteiger partial charge in [0.2, 0.25) is 17.8 Å². The van der Waals surface area contributed by atoms with Crippen molar-refractivity contribution < 1.29 is 24.0 Å². The van der Waals surface area contributed by atoms with Gasteiger partial charge in [0, 0.05) is 75.0 Å². The molecule has 15 nitrogen and oxygen atoms in total. The van der Waals surface area contributed by atoms with E-state index in [4.69, 9.17) is 4.98 Å². The van der Waals surface area contributed by atoms with Gasteiger partial charge in [0.15, 0.2) is 0 Å². The predicted octanol–water partition coefficient (Wildman–Crippen LogP) is 5.75. The zero-order valence-electron chi connectivity index (χ0n) is 36.1. The van der Waals surface area contributed by atoms with Gasteiger partial charge in [-0.15, -0.1) is 0 Å². The Labute approximate surface area is 366 Å². The highest BCUT2D eigenvalue weighted by molar-refractivity contribution is 6.23. The Kier molecular flexibility index (Phi) is 11.1. The molecule has 0 bridgehead atoms. The van der Waals surface area contributed by atoms with Gasteiger partial charge in [-0.05, 0) is 124 Å². The number of aromatic nitrogens is 4. The fourth-order valence-electron chi connectivity index (χ4n) is 9.09. The van der Waals surface area contributed by atoms with E-state index in [1.807, 2.05) is 52.0 Å². The van der Waals surface area contributed by atoms with E-state index >= 15 is 0 Å². The standard InChI is InChI=1S/C48H52N10O5/c1-29-21-32(5-6-33(29)24-50-43(60)35-25-51-57(28-35)48(2,3)4)40-13-17-49-47(53-40)52-36-8-7-31-16-18-55(27-34(31)22-36)26-30-14-19-56(20-15-30)37-9-10-38-39(23-37)46(63)58(45(38)62)41-11-12-42(59)54-44(41)61/h5-10,13,17,21-23,25,28,30,41H,11-12,14-16,18-20,24,26-27H2,1-4H3,(H,50,60)(H,49,52,53)(H,54,59,61). The van der Waals surface area contributed by atoms with Crippen LogP contribution in [-0.4, -0.2) is 91.3 Å². The van der Waals surface area contributed by atoms with E-state index in [1.165, 1.54) is 11.1 Å². The second kappa shape index (κ2) is 16.9. The number of aryl methyl sites for hydroxylation is 1. The van der Waals surface area contributed by atoms with E-state index < -0.39 is 29.7 Å². The highest BCUT2D eigenvalue weighted by Crippen LogP contribution is 2.33. The minimum atomic E-state index is -0.975. The van der Waals surface area contributed by atoms with E-state index in [2.05, 4.69) is 60.1 Å². The fraction of sp³-hybridized carbons (Fsp3) is 0.375. The van der Waals surface area contributed by atoms with Gasteiger partial charge < -0.3 is 15.5 Å². The Hall–Kier alpha value is -6.74. The van der Waals surface area contributed by atoms with Crippen molar-refractivity contribution in [3.05, 3.63) is 118 Å². The van der Waals surface area contributed by atoms with Crippen LogP contribution in [0.4, 0.5) is 17.3 Å². The maximum Gasteiger partial charge on any atom is 0.262 e. The molecule has 9 rings (SSSR count). The molecule has 4 aliphatic rings. The lowest BCUT2D eigenvalue weighted by Gasteiger charge is -2.37. The average molecular weight is 849 g/mol. The Morgan fingerprint density at radius 3 is 2.44 bits per heavy atom. The summed E-state index contributed by atoms with van der Waals surface area (Å²) in [5, 5.41) is 13.1. The number of anilines is 3. The topological polar surface area (TPSA) is 175 Å². The van der Waals surface area contributed by atoms with Gasteiger partial charge in [0.25, 0.3) is 17.7 Å². The number of carbonyl (C=O) groups excluding carboxylic acids is 5. The minimum Gasteiger partial charge on any atom is -0.371 e. The minimum absolute atomic E-state index is 0.0918. The first-order chi connectivity index (χ1) is 30.3. The summed E-state index contributed by atoms with van der Waals surface area (Å²) in [6, 6.07) is 18.9. The lowest BCUT2D eigenvalue weighted by atomic mass is 9.93. The monoisotopic (exact) mass is 848 g/mol. The molecule has 2 fully saturated rings. The molecule has 0 radical (unpaired) electrons. The normalized spacial score (nSPS) is 18.3. The van der Waals surface area contributed by atoms with Crippen LogP contribution < -0.4 is 20.9 Å². The molecular formula is C48H52N10O5. The molecular weight excluding hydrogens is 797 g/mol. The number of hydrogen-bond acceptors (Lipinski definition) is 11. The summed E-state index contributed by atoms with van der Waals surface area (Å²) in [5.41, 5.74) is 9.26. The van der Waals surface area contributed by atoms with Gasteiger partial charge >= 0.3 is 0 Å². The SMILES string of the molecule is Cc1cc(-c2ccnc(Nc3ccc4c(c3)CN(CC3CCN(c5ccc6c(c5)C(=O)N(C5CCC(=O)NC5=O)C6=O)CC3)CC4)n2)ccc1CNC(=O)c1cnn(C(C)(C)C)c1. The summed E-state index contributed by atoms with van der Waals surface area (Å²) < 4.78 is 1.79. The van der Waals surface area contributed by atoms with Crippen molar-refractivity contribution in [2.45, 2.75) is 84.5 Å². The molecule has 2 aromatic heterocycles. The Bertz CT molecular complexity index is 2640. The summed E-state index contributed by atoms with van der Waals surface area (Å²) in [6.45, 7) is 13.1. The van der Waals surface area contributed by atoms with Crippen molar-refractivity contribution in [1.29, 1.82) is 0 Å². The molecule has 6 heterocycles. The third kappa shape index (κ3) is 8.70. The number of fused-ring (bicyclic) bond motifs is 2. The summed E-state index contributed by atoms with van der Waals surface area (Å²) in [6.07, 6.45) is 8.37. The average Bonchev–Trinajstić information content (AvgIpc) is 3.87. The molecule has 63 heavy (non-hydrogen) atoms. The molecule has 5 amide bonds. The maximum atomic E-state index is 13.4. The van der Waals surface area contributed by atoms with Crippen LogP contribution in [0.5, 0.6) is 0 Å². The van der Waals surface area contributed by atoms with Crippen LogP contribution in [0.15, 0.2) is 79.3 Å². The van der Waals surface area contributed by atoms with Gasteiger partial charge in [0.1, 0.15) is 6.04 Å². The maximum absolute atomic E-state index is 13.4. The van der Waals surface area contributed by atoms with Gasteiger partial charge in [-0.1, -0.05) is 18.2 Å². The Balaban J connectivity index is 0.775. The van der Waals surface area contributed by atoms with Gasteiger partial charge in [-0.3, -0.25) is 43.8 Å². The van der Waals surface area contributed by atoms with Crippen molar-refractivity contribution in [3.8, 4) is 11.3 Å². The zero-order chi connectivity index (χ0) is 44.0. The number of imide groups is 2. The highest BCUT2D eigenvalue weighted by atomic mass is 16.2. The molecule has 3 N–H and O–H groups in total. The Morgan fingerprint density at radius 2 is 1.68 bits per heavy atom. The van der Waals surface area contributed by atoms with Crippen molar-refractivity contribution in [2.24, 2.45) is 5.92 Å². The Morgan fingerprint density at radius 1 is 0.873 bits per heavy atom. The van der Waals surface area contributed by atoms with Crippen LogP contribution in [-0.2, 0) is 34.6 Å². The molecule has 0 aliphatic carbocycles. The molecule has 5 aromatic rings. The lowest BCUT2D eigenvalue weighted by molar-refractivity contribution is -0.136. The number of rotatable bonds is 10. The van der Waals surface area contributed by atoms with Gasteiger partial charge in [-0.25, -0.2) is 9.97 Å². The first-order valence-electron chi connectivity index (χ1n) is 21.8. The van der Waals surface area contributed by atoms with E-state index in [-0.39, 0.29) is 24.3 Å². The highest BCUT2D eigenvalue weighted by Gasteiger charge is 2.45. The van der Waals surface area contributed by atoms with E-state index in [0.29, 0.717) is 35.1 Å². The van der Waals surface area contributed by atoms with Crippen LogP contribution in [0.1, 0.15) is 99.8 Å². The lowest BCUT2D eigenvalue weighted by Crippen LogP contribution is -2.54. The largest absolute Gasteiger partial charge is 0.371 e. The third-order valence-corrected chi connectivity index (χ3v) is 12.7. The van der Waals surface area contributed by atoms with Gasteiger partial charge in [0.05, 0.1) is 34.1 Å². The number of benzene rings is 3. The van der Waals surface area contributed by atoms with E-state index in [0.717, 1.165) is 90.6 Å². The summed E-state index contributed by atoms with van der Waals surface area (Å²) in [7, 11) is 0. The number of hydrogen-bond donors (Lipinski definition) is 3. The molecule has 1 unspecified atom stereocenters. The molecule has 4 aliphatic heterocycles. The van der Waals surface area contributed by atoms with Crippen LogP contribution in [0.2, 0.25) is 0 Å². The zero-order valence-corrected chi connectivity index (χ0v) is 36.1. The van der Waals surface area contributed by atoms with Crippen molar-refractivity contribution in [2.75, 3.05) is 36.4 Å². The van der Waals surface area contributed by atoms with E-state index in [1.54, 1.807) is 35.4 Å². The van der Waals surface area contributed by atoms with Crippen LogP contribution in [0, 0.1) is 12.8 Å². The molecule has 0 spiro atoms. The number of nitrogens with one attached hydrogen (secondary N) is 3. The van der Waals surface area contributed by atoms with Crippen LogP contribution in [0.3, 0.4) is 0 Å². The molecule has 3 aromatic carbocycles. The van der Waals surface area contributed by atoms with Crippen molar-refractivity contribution >= 4 is 46.9 Å². The quantitative estimate of drug-likeness (QED) is 0.146. The fourth-order valence-corrected chi connectivity index (χ4v) is 9.09. The second-order valence-electron chi connectivity index (χ2n) is 18.1. The summed E-state index contributed by atoms with van der Waals surface area (Å²) in [5.74, 6) is -1.08. The third-order valence-electron chi connectivity index (χ3n) is 12.7. The van der Waals surface area contributed by atoms with E-state index in [9.17, 15) is 24.0 Å². The van der Waals surface area contributed by atoms with Crippen molar-refractivity contribution in [1.82, 2.24) is 40.2 Å². The predicted molar refractivity (Wildman–Crippen MR) is 237 cm³/mol. The van der Waals surface area contributed by atoms with Crippen LogP contribution >= 0.6 is 0 Å². The number of amides is 5. The number of piperidine rings is 2. The molecule has 15 heteroatoms. The first kappa shape index (κ1) is 41.6. The summed E-state index contributed by atoms with van der Waals surface area (Å²) >= 11 is 0.